The van der Waals surface area contributed by atoms with Crippen molar-refractivity contribution in [3.8, 4) is 11.3 Å². The predicted molar refractivity (Wildman–Crippen MR) is 121 cm³/mol. The molecule has 1 saturated heterocycles. The molecule has 0 bridgehead atoms. The van der Waals surface area contributed by atoms with Crippen LogP contribution < -0.4 is 5.32 Å². The minimum atomic E-state index is -0.340. The Labute approximate surface area is 188 Å². The molecule has 1 aliphatic heterocycles. The third-order valence-corrected chi connectivity index (χ3v) is 5.73. The van der Waals surface area contributed by atoms with Crippen LogP contribution in [0.1, 0.15) is 30.5 Å². The van der Waals surface area contributed by atoms with Crippen LogP contribution in [0.2, 0.25) is 0 Å². The van der Waals surface area contributed by atoms with Gasteiger partial charge in [-0.25, -0.2) is 0 Å². The lowest BCUT2D eigenvalue weighted by atomic mass is 10.0. The molecular formula is C22H20BrN3O3S. The van der Waals surface area contributed by atoms with Crippen molar-refractivity contribution in [3.05, 3.63) is 76.7 Å². The van der Waals surface area contributed by atoms with Gasteiger partial charge in [-0.1, -0.05) is 34.1 Å². The molecule has 1 fully saturated rings. The first-order chi connectivity index (χ1) is 14.6. The van der Waals surface area contributed by atoms with Crippen LogP contribution in [0.5, 0.6) is 0 Å². The average Bonchev–Trinajstić information content (AvgIpc) is 3.35. The van der Waals surface area contributed by atoms with Gasteiger partial charge in [0, 0.05) is 16.2 Å². The van der Waals surface area contributed by atoms with Gasteiger partial charge in [-0.2, -0.15) is 0 Å². The van der Waals surface area contributed by atoms with E-state index >= 15 is 0 Å². The first-order valence-electron chi connectivity index (χ1n) is 9.56. The van der Waals surface area contributed by atoms with E-state index in [0.29, 0.717) is 17.5 Å². The van der Waals surface area contributed by atoms with E-state index in [0.717, 1.165) is 21.5 Å². The molecule has 3 heterocycles. The minimum absolute atomic E-state index is 0.0298. The number of hydrogen-bond acceptors (Lipinski definition) is 5. The maximum absolute atomic E-state index is 12.2. The van der Waals surface area contributed by atoms with Crippen LogP contribution in [0.25, 0.3) is 11.3 Å². The third kappa shape index (κ3) is 4.24. The van der Waals surface area contributed by atoms with Gasteiger partial charge >= 0.3 is 5.97 Å². The molecule has 1 aromatic carbocycles. The molecule has 1 aliphatic rings. The van der Waals surface area contributed by atoms with Crippen molar-refractivity contribution in [1.82, 2.24) is 15.2 Å². The summed E-state index contributed by atoms with van der Waals surface area (Å²) in [6.07, 6.45) is 1.74. The number of rotatable bonds is 6. The zero-order chi connectivity index (χ0) is 21.1. The summed E-state index contributed by atoms with van der Waals surface area (Å²) in [6, 6.07) is 16.9. The van der Waals surface area contributed by atoms with Gasteiger partial charge in [0.15, 0.2) is 5.11 Å². The molecule has 1 N–H and O–H groups in total. The van der Waals surface area contributed by atoms with E-state index in [1.807, 2.05) is 54.6 Å². The molecule has 2 aromatic heterocycles. The molecule has 2 atom stereocenters. The third-order valence-electron chi connectivity index (χ3n) is 4.85. The molecule has 8 heteroatoms. The molecule has 6 nitrogen and oxygen atoms in total. The van der Waals surface area contributed by atoms with Crippen LogP contribution in [0.4, 0.5) is 0 Å². The molecule has 154 valence electrons. The number of carbonyl (C=O) groups excluding carboxylic acids is 1. The van der Waals surface area contributed by atoms with Gasteiger partial charge in [0.2, 0.25) is 0 Å². The van der Waals surface area contributed by atoms with Gasteiger partial charge < -0.3 is 19.4 Å². The smallest absolute Gasteiger partial charge is 0.325 e. The highest BCUT2D eigenvalue weighted by Crippen LogP contribution is 2.40. The Hall–Kier alpha value is -2.71. The second-order valence-corrected chi connectivity index (χ2v) is 8.07. The van der Waals surface area contributed by atoms with Crippen molar-refractivity contribution in [1.29, 1.82) is 0 Å². The summed E-state index contributed by atoms with van der Waals surface area (Å²) in [5, 5.41) is 3.76. The van der Waals surface area contributed by atoms with Gasteiger partial charge in [0.05, 0.1) is 18.3 Å². The Morgan fingerprint density at radius 1 is 1.23 bits per heavy atom. The molecule has 0 spiro atoms. The lowest BCUT2D eigenvalue weighted by molar-refractivity contribution is -0.143. The lowest BCUT2D eigenvalue weighted by Gasteiger charge is -2.25. The Kier molecular flexibility index (Phi) is 6.15. The number of benzene rings is 1. The van der Waals surface area contributed by atoms with E-state index in [1.165, 1.54) is 0 Å². The van der Waals surface area contributed by atoms with E-state index in [1.54, 1.807) is 18.0 Å². The second kappa shape index (κ2) is 8.97. The number of furan rings is 1. The Bertz CT molecular complexity index is 1040. The molecule has 3 aromatic rings. The maximum Gasteiger partial charge on any atom is 0.325 e. The molecule has 2 unspecified atom stereocenters. The molecular weight excluding hydrogens is 466 g/mol. The number of pyridine rings is 1. The molecule has 0 amide bonds. The number of nitrogens with zero attached hydrogens (tertiary/aromatic N) is 2. The number of ether oxygens (including phenoxy) is 1. The number of nitrogens with one attached hydrogen (secondary N) is 1. The Morgan fingerprint density at radius 3 is 2.73 bits per heavy atom. The summed E-state index contributed by atoms with van der Waals surface area (Å²) in [7, 11) is 0. The highest BCUT2D eigenvalue weighted by molar-refractivity contribution is 9.10. The van der Waals surface area contributed by atoms with Gasteiger partial charge in [-0.3, -0.25) is 9.78 Å². The highest BCUT2D eigenvalue weighted by atomic mass is 79.9. The first-order valence-corrected chi connectivity index (χ1v) is 10.8. The fraction of sp³-hybridized carbons (Fsp3) is 0.227. The van der Waals surface area contributed by atoms with Crippen molar-refractivity contribution in [3.63, 3.8) is 0 Å². The summed E-state index contributed by atoms with van der Waals surface area (Å²) in [6.45, 7) is 2.13. The number of aromatic nitrogens is 1. The SMILES string of the molecule is CCOC(=O)CN1C(=S)NC(c2ccccn2)C1c1ccc(-c2ccc(Br)cc2)o1. The van der Waals surface area contributed by atoms with Crippen molar-refractivity contribution in [2.45, 2.75) is 19.0 Å². The summed E-state index contributed by atoms with van der Waals surface area (Å²) < 4.78 is 12.4. The van der Waals surface area contributed by atoms with E-state index in [2.05, 4.69) is 26.2 Å². The van der Waals surface area contributed by atoms with Crippen LogP contribution in [0, 0.1) is 0 Å². The molecule has 0 aliphatic carbocycles. The zero-order valence-electron chi connectivity index (χ0n) is 16.2. The fourth-order valence-electron chi connectivity index (χ4n) is 3.51. The summed E-state index contributed by atoms with van der Waals surface area (Å²) in [4.78, 5) is 18.5. The largest absolute Gasteiger partial charge is 0.465 e. The molecule has 4 rings (SSSR count). The number of carbonyl (C=O) groups is 1. The predicted octanol–water partition coefficient (Wildman–Crippen LogP) is 4.64. The second-order valence-electron chi connectivity index (χ2n) is 6.77. The van der Waals surface area contributed by atoms with E-state index in [4.69, 9.17) is 21.4 Å². The van der Waals surface area contributed by atoms with Crippen LogP contribution in [0.3, 0.4) is 0 Å². The average molecular weight is 486 g/mol. The van der Waals surface area contributed by atoms with E-state index < -0.39 is 0 Å². The van der Waals surface area contributed by atoms with Gasteiger partial charge in [0.1, 0.15) is 24.1 Å². The number of hydrogen-bond donors (Lipinski definition) is 1. The Balaban J connectivity index is 1.70. The highest BCUT2D eigenvalue weighted by Gasteiger charge is 2.42. The number of halogens is 1. The summed E-state index contributed by atoms with van der Waals surface area (Å²) in [5.74, 6) is 1.10. The summed E-state index contributed by atoms with van der Waals surface area (Å²) >= 11 is 8.99. The fourth-order valence-corrected chi connectivity index (χ4v) is 4.08. The molecule has 0 radical (unpaired) electrons. The van der Waals surface area contributed by atoms with Crippen LogP contribution >= 0.6 is 28.1 Å². The molecule has 0 saturated carbocycles. The van der Waals surface area contributed by atoms with Crippen LogP contribution in [-0.4, -0.2) is 34.1 Å². The van der Waals surface area contributed by atoms with E-state index in [9.17, 15) is 4.79 Å². The molecule has 30 heavy (non-hydrogen) atoms. The normalized spacial score (nSPS) is 18.3. The topological polar surface area (TPSA) is 67.6 Å². The van der Waals surface area contributed by atoms with Gasteiger partial charge in [-0.15, -0.1) is 0 Å². The van der Waals surface area contributed by atoms with Crippen molar-refractivity contribution >= 4 is 39.2 Å². The lowest BCUT2D eigenvalue weighted by Crippen LogP contribution is -2.35. The van der Waals surface area contributed by atoms with Gasteiger partial charge in [-0.05, 0) is 55.5 Å². The van der Waals surface area contributed by atoms with Crippen LogP contribution in [0.15, 0.2) is 69.7 Å². The van der Waals surface area contributed by atoms with Crippen molar-refractivity contribution in [2.24, 2.45) is 0 Å². The van der Waals surface area contributed by atoms with E-state index in [-0.39, 0.29) is 24.6 Å². The first kappa shape index (κ1) is 20.6. The quantitative estimate of drug-likeness (QED) is 0.402. The maximum atomic E-state index is 12.2. The Morgan fingerprint density at radius 2 is 2.03 bits per heavy atom. The number of thiocarbonyl (C=S) groups is 1. The minimum Gasteiger partial charge on any atom is -0.465 e. The van der Waals surface area contributed by atoms with Gasteiger partial charge in [0.25, 0.3) is 0 Å². The summed E-state index contributed by atoms with van der Waals surface area (Å²) in [5.41, 5.74) is 1.78. The zero-order valence-corrected chi connectivity index (χ0v) is 18.7. The van der Waals surface area contributed by atoms with Crippen molar-refractivity contribution in [2.75, 3.05) is 13.2 Å². The van der Waals surface area contributed by atoms with Crippen molar-refractivity contribution < 1.29 is 13.9 Å². The number of esters is 1. The van der Waals surface area contributed by atoms with Crippen LogP contribution in [-0.2, 0) is 9.53 Å². The standard InChI is InChI=1S/C22H20BrN3O3S/c1-2-28-19(27)13-26-21(20(25-22(26)30)16-5-3-4-12-24-16)18-11-10-17(29-18)14-6-8-15(23)9-7-14/h3-12,20-21H,2,13H2,1H3,(H,25,30). The monoisotopic (exact) mass is 485 g/mol.